The zero-order valence-corrected chi connectivity index (χ0v) is 18.6. The Labute approximate surface area is 189 Å². The molecule has 0 aromatic carbocycles. The van der Waals surface area contributed by atoms with Crippen molar-refractivity contribution >= 4 is 17.0 Å². The summed E-state index contributed by atoms with van der Waals surface area (Å²) >= 11 is 0. The van der Waals surface area contributed by atoms with Crippen LogP contribution in [0.3, 0.4) is 0 Å². The molecular weight excluding hydrogens is 426 g/mol. The number of aromatic amines is 1. The summed E-state index contributed by atoms with van der Waals surface area (Å²) in [6.07, 6.45) is 5.66. The van der Waals surface area contributed by atoms with Crippen LogP contribution in [0.5, 0.6) is 5.88 Å². The fraction of sp³-hybridized carbons (Fsp3) is 0.500. The molecule has 1 aliphatic carbocycles. The van der Waals surface area contributed by atoms with Gasteiger partial charge in [0.2, 0.25) is 5.88 Å². The minimum absolute atomic E-state index is 0.197. The third kappa shape index (κ3) is 4.10. The maximum absolute atomic E-state index is 13.1. The number of imidazole rings is 1. The predicted octanol–water partition coefficient (Wildman–Crippen LogP) is 1.27. The number of unbranched alkanes of at least 4 members (excludes halogenated alkanes) is 1. The van der Waals surface area contributed by atoms with E-state index in [2.05, 4.69) is 9.97 Å². The van der Waals surface area contributed by atoms with Gasteiger partial charge in [-0.1, -0.05) is 13.3 Å². The Hall–Kier alpha value is -3.63. The number of aromatic hydroxyl groups is 1. The summed E-state index contributed by atoms with van der Waals surface area (Å²) in [5.41, 5.74) is 5.05. The molecule has 1 fully saturated rings. The molecule has 11 heteroatoms. The molecule has 0 spiro atoms. The number of nitrogens with two attached hydrogens (primary N) is 1. The van der Waals surface area contributed by atoms with Crippen molar-refractivity contribution in [3.05, 3.63) is 55.2 Å². The second-order valence-electron chi connectivity index (χ2n) is 8.67. The smallest absolute Gasteiger partial charge is 0.334 e. The number of hydrogen-bond donors (Lipinski definition) is 4. The van der Waals surface area contributed by atoms with E-state index < -0.39 is 23.0 Å². The second-order valence-corrected chi connectivity index (χ2v) is 8.67. The highest BCUT2D eigenvalue weighted by Gasteiger charge is 2.29. The van der Waals surface area contributed by atoms with E-state index in [9.17, 15) is 19.5 Å². The van der Waals surface area contributed by atoms with Gasteiger partial charge >= 0.3 is 11.4 Å². The summed E-state index contributed by atoms with van der Waals surface area (Å²) in [4.78, 5) is 45.6. The summed E-state index contributed by atoms with van der Waals surface area (Å²) < 4.78 is 3.94. The molecule has 0 unspecified atom stereocenters. The minimum Gasteiger partial charge on any atom is -0.494 e. The molecule has 5 N–H and O–H groups in total. The quantitative estimate of drug-likeness (QED) is 0.309. The summed E-state index contributed by atoms with van der Waals surface area (Å²) in [6, 6.07) is 3.22. The number of hydrogen-bond acceptors (Lipinski definition) is 6. The molecule has 0 bridgehead atoms. The van der Waals surface area contributed by atoms with Crippen LogP contribution in [0.4, 0.5) is 0 Å². The van der Waals surface area contributed by atoms with Gasteiger partial charge in [0.1, 0.15) is 11.4 Å². The normalized spacial score (nSPS) is 18.6. The van der Waals surface area contributed by atoms with E-state index in [1.807, 2.05) is 13.0 Å². The van der Waals surface area contributed by atoms with Crippen LogP contribution in [-0.2, 0) is 13.1 Å². The monoisotopic (exact) mass is 455 g/mol. The average Bonchev–Trinajstić information content (AvgIpc) is 3.09. The van der Waals surface area contributed by atoms with Crippen LogP contribution < -0.4 is 22.7 Å². The molecule has 0 atom stereocenters. The van der Waals surface area contributed by atoms with Gasteiger partial charge in [-0.25, -0.2) is 14.6 Å². The maximum Gasteiger partial charge on any atom is 0.334 e. The molecule has 3 heterocycles. The van der Waals surface area contributed by atoms with E-state index in [0.29, 0.717) is 49.8 Å². The zero-order chi connectivity index (χ0) is 23.7. The highest BCUT2D eigenvalue weighted by atomic mass is 16.3. The molecule has 4 rings (SSSR count). The molecule has 1 saturated carbocycles. The van der Waals surface area contributed by atoms with Crippen molar-refractivity contribution in [3.63, 3.8) is 0 Å². The van der Waals surface area contributed by atoms with Gasteiger partial charge in [0.15, 0.2) is 5.65 Å². The molecule has 3 aromatic rings. The summed E-state index contributed by atoms with van der Waals surface area (Å²) in [6.45, 7) is 2.71. The standard InChI is InChI=1S/C22H29N7O4/c1-2-3-11-27-19(30)16(17(23)24)20(31)29(22(27)33)14-8-6-13(7-9-14)12-28-18-15(26-21(28)32)5-4-10-25-18/h4-5,10,13-14,30H,2-3,6-9,11-12H2,1H3,(H3,23,24)(H,26,32). The third-order valence-electron chi connectivity index (χ3n) is 6.50. The largest absolute Gasteiger partial charge is 0.494 e. The highest BCUT2D eigenvalue weighted by Crippen LogP contribution is 2.32. The fourth-order valence-electron chi connectivity index (χ4n) is 4.74. The number of nitrogens with one attached hydrogen (secondary N) is 2. The van der Waals surface area contributed by atoms with Crippen LogP contribution in [-0.4, -0.2) is 34.6 Å². The second kappa shape index (κ2) is 9.08. The Morgan fingerprint density at radius 1 is 1.24 bits per heavy atom. The summed E-state index contributed by atoms with van der Waals surface area (Å²) in [5, 5.41) is 18.2. The Bertz CT molecular complexity index is 1360. The number of nitrogens with zero attached hydrogens (tertiary/aromatic N) is 4. The lowest BCUT2D eigenvalue weighted by atomic mass is 9.85. The van der Waals surface area contributed by atoms with Gasteiger partial charge in [0, 0.05) is 25.3 Å². The first kappa shape index (κ1) is 22.6. The van der Waals surface area contributed by atoms with Crippen LogP contribution >= 0.6 is 0 Å². The van der Waals surface area contributed by atoms with Crippen LogP contribution in [0, 0.1) is 11.3 Å². The van der Waals surface area contributed by atoms with Crippen molar-refractivity contribution in [2.75, 3.05) is 0 Å². The van der Waals surface area contributed by atoms with Crippen LogP contribution in [0.1, 0.15) is 57.1 Å². The van der Waals surface area contributed by atoms with Crippen molar-refractivity contribution in [3.8, 4) is 5.88 Å². The van der Waals surface area contributed by atoms with Crippen molar-refractivity contribution in [2.24, 2.45) is 11.7 Å². The SMILES string of the molecule is CCCCn1c(O)c(C(=N)N)c(=O)n(C2CCC(Cn3c(=O)[nH]c4cccnc43)CC2)c1=O. The first-order chi connectivity index (χ1) is 15.8. The summed E-state index contributed by atoms with van der Waals surface area (Å²) in [5.74, 6) is -0.902. The molecule has 0 aliphatic heterocycles. The van der Waals surface area contributed by atoms with Gasteiger partial charge in [-0.05, 0) is 50.2 Å². The molecule has 11 nitrogen and oxygen atoms in total. The van der Waals surface area contributed by atoms with Gasteiger partial charge in [-0.15, -0.1) is 0 Å². The Morgan fingerprint density at radius 3 is 2.64 bits per heavy atom. The number of nitrogen functional groups attached to an aromatic ring is 1. The number of H-pyrrole nitrogens is 1. The van der Waals surface area contributed by atoms with Crippen LogP contribution in [0.15, 0.2) is 32.7 Å². The lowest BCUT2D eigenvalue weighted by Gasteiger charge is -2.30. The lowest BCUT2D eigenvalue weighted by molar-refractivity contribution is 0.239. The number of amidine groups is 1. The molecule has 1 aliphatic rings. The number of fused-ring (bicyclic) bond motifs is 1. The molecule has 0 radical (unpaired) electrons. The Kier molecular flexibility index (Phi) is 6.21. The predicted molar refractivity (Wildman–Crippen MR) is 124 cm³/mol. The van der Waals surface area contributed by atoms with Gasteiger partial charge < -0.3 is 15.8 Å². The number of pyridine rings is 1. The van der Waals surface area contributed by atoms with E-state index >= 15 is 0 Å². The highest BCUT2D eigenvalue weighted by molar-refractivity contribution is 5.96. The van der Waals surface area contributed by atoms with E-state index in [-0.39, 0.29) is 29.8 Å². The van der Waals surface area contributed by atoms with Crippen LogP contribution in [0.25, 0.3) is 11.2 Å². The van der Waals surface area contributed by atoms with Crippen molar-refractivity contribution in [2.45, 2.75) is 64.6 Å². The maximum atomic E-state index is 13.1. The first-order valence-electron chi connectivity index (χ1n) is 11.3. The van der Waals surface area contributed by atoms with E-state index in [0.717, 1.165) is 15.6 Å². The molecule has 176 valence electrons. The molecular formula is C22H29N7O4. The Balaban J connectivity index is 1.59. The van der Waals surface area contributed by atoms with E-state index in [4.69, 9.17) is 11.1 Å². The van der Waals surface area contributed by atoms with E-state index in [1.54, 1.807) is 16.8 Å². The number of aromatic nitrogens is 5. The van der Waals surface area contributed by atoms with Gasteiger partial charge in [-0.2, -0.15) is 0 Å². The number of rotatable bonds is 7. The topological polar surface area (TPSA) is 165 Å². The lowest BCUT2D eigenvalue weighted by Crippen LogP contribution is -2.46. The molecule has 0 saturated heterocycles. The van der Waals surface area contributed by atoms with E-state index in [1.165, 1.54) is 0 Å². The molecule has 33 heavy (non-hydrogen) atoms. The zero-order valence-electron chi connectivity index (χ0n) is 18.6. The van der Waals surface area contributed by atoms with Crippen molar-refractivity contribution in [1.82, 2.24) is 23.7 Å². The van der Waals surface area contributed by atoms with Gasteiger partial charge in [0.25, 0.3) is 5.56 Å². The fourth-order valence-corrected chi connectivity index (χ4v) is 4.74. The first-order valence-corrected chi connectivity index (χ1v) is 11.3. The van der Waals surface area contributed by atoms with Crippen molar-refractivity contribution in [1.29, 1.82) is 5.41 Å². The molecule has 3 aromatic heterocycles. The third-order valence-corrected chi connectivity index (χ3v) is 6.50. The summed E-state index contributed by atoms with van der Waals surface area (Å²) in [7, 11) is 0. The average molecular weight is 456 g/mol. The van der Waals surface area contributed by atoms with Gasteiger partial charge in [-0.3, -0.25) is 23.9 Å². The van der Waals surface area contributed by atoms with Crippen molar-refractivity contribution < 1.29 is 5.11 Å². The van der Waals surface area contributed by atoms with Crippen LogP contribution in [0.2, 0.25) is 0 Å². The Morgan fingerprint density at radius 2 is 1.97 bits per heavy atom. The molecule has 0 amide bonds. The van der Waals surface area contributed by atoms with Gasteiger partial charge in [0.05, 0.1) is 5.52 Å². The minimum atomic E-state index is -0.724.